The van der Waals surface area contributed by atoms with Gasteiger partial charge in [-0.2, -0.15) is 0 Å². The van der Waals surface area contributed by atoms with E-state index in [2.05, 4.69) is 20.7 Å². The van der Waals surface area contributed by atoms with Crippen molar-refractivity contribution < 1.29 is 18.0 Å². The summed E-state index contributed by atoms with van der Waals surface area (Å²) in [5.41, 5.74) is 5.77. The normalized spacial score (nSPS) is 13.4. The molecule has 1 heterocycles. The fraction of sp³-hybridized carbons (Fsp3) is 0.0556. The Morgan fingerprint density at radius 3 is 2.00 bits per heavy atom. The van der Waals surface area contributed by atoms with E-state index < -0.39 is 10.0 Å². The number of anilines is 3. The first-order valence-electron chi connectivity index (χ1n) is 14.4. The molecule has 0 aromatic heterocycles. The molecule has 4 N–H and O–H groups in total. The van der Waals surface area contributed by atoms with Crippen LogP contribution in [-0.2, 0) is 32.6 Å². The SMILES string of the molecule is O=C(Cc1ccc(N/C(=C2/C(=O)Nc3ccc(NS(=O)(=O)c4ccccc4)cc32)c2ccccc2)cc1)NCc1ccccc1. The van der Waals surface area contributed by atoms with E-state index in [4.69, 9.17) is 0 Å². The smallest absolute Gasteiger partial charge is 0.261 e. The summed E-state index contributed by atoms with van der Waals surface area (Å²) in [4.78, 5) is 26.1. The molecule has 0 saturated heterocycles. The molecule has 0 spiro atoms. The highest BCUT2D eigenvalue weighted by Gasteiger charge is 2.29. The van der Waals surface area contributed by atoms with E-state index in [-0.39, 0.29) is 23.1 Å². The van der Waals surface area contributed by atoms with Gasteiger partial charge < -0.3 is 16.0 Å². The van der Waals surface area contributed by atoms with Crippen molar-refractivity contribution in [2.75, 3.05) is 15.4 Å². The third-order valence-corrected chi connectivity index (χ3v) is 8.70. The van der Waals surface area contributed by atoms with Crippen molar-refractivity contribution in [2.45, 2.75) is 17.9 Å². The quantitative estimate of drug-likeness (QED) is 0.138. The predicted octanol–water partition coefficient (Wildman–Crippen LogP) is 6.28. The topological polar surface area (TPSA) is 116 Å². The Kier molecular flexibility index (Phi) is 8.43. The van der Waals surface area contributed by atoms with Crippen molar-refractivity contribution in [1.82, 2.24) is 5.32 Å². The third-order valence-electron chi connectivity index (χ3n) is 7.30. The molecule has 224 valence electrons. The van der Waals surface area contributed by atoms with Crippen molar-refractivity contribution in [3.8, 4) is 0 Å². The van der Waals surface area contributed by atoms with Crippen LogP contribution in [0.1, 0.15) is 22.3 Å². The largest absolute Gasteiger partial charge is 0.354 e. The van der Waals surface area contributed by atoms with Crippen LogP contribution in [0.3, 0.4) is 0 Å². The molecule has 1 aliphatic heterocycles. The highest BCUT2D eigenvalue weighted by Crippen LogP contribution is 2.39. The molecule has 0 bridgehead atoms. The summed E-state index contributed by atoms with van der Waals surface area (Å²) in [5.74, 6) is -0.393. The molecule has 0 unspecified atom stereocenters. The minimum Gasteiger partial charge on any atom is -0.354 e. The molecular formula is C36H30N4O4S. The highest BCUT2D eigenvalue weighted by atomic mass is 32.2. The van der Waals surface area contributed by atoms with Crippen LogP contribution in [0, 0.1) is 0 Å². The maximum atomic E-state index is 13.4. The van der Waals surface area contributed by atoms with Crippen LogP contribution in [0.15, 0.2) is 138 Å². The first kappa shape index (κ1) is 29.4. The lowest BCUT2D eigenvalue weighted by molar-refractivity contribution is -0.120. The molecule has 0 fully saturated rings. The summed E-state index contributed by atoms with van der Waals surface area (Å²) < 4.78 is 28.6. The summed E-state index contributed by atoms with van der Waals surface area (Å²) in [7, 11) is -3.83. The van der Waals surface area contributed by atoms with Crippen LogP contribution in [0.25, 0.3) is 11.3 Å². The van der Waals surface area contributed by atoms with E-state index in [0.29, 0.717) is 34.8 Å². The lowest BCUT2D eigenvalue weighted by Crippen LogP contribution is -2.24. The second-order valence-corrected chi connectivity index (χ2v) is 12.2. The molecule has 9 heteroatoms. The Balaban J connectivity index is 1.26. The number of carbonyl (C=O) groups excluding carboxylic acids is 2. The average Bonchev–Trinajstić information content (AvgIpc) is 3.39. The first-order chi connectivity index (χ1) is 21.9. The Hall–Kier alpha value is -5.67. The number of carbonyl (C=O) groups is 2. The summed E-state index contributed by atoms with van der Waals surface area (Å²) in [6.07, 6.45) is 0.233. The van der Waals surface area contributed by atoms with E-state index in [1.54, 1.807) is 36.4 Å². The van der Waals surface area contributed by atoms with Crippen LogP contribution in [-0.4, -0.2) is 20.2 Å². The van der Waals surface area contributed by atoms with Gasteiger partial charge in [-0.15, -0.1) is 0 Å². The molecule has 0 saturated carbocycles. The van der Waals surface area contributed by atoms with Gasteiger partial charge >= 0.3 is 0 Å². The lowest BCUT2D eigenvalue weighted by Gasteiger charge is -2.16. The number of fused-ring (bicyclic) bond motifs is 1. The summed E-state index contributed by atoms with van der Waals surface area (Å²) in [6.45, 7) is 0.465. The molecule has 2 amide bonds. The Morgan fingerprint density at radius 1 is 0.689 bits per heavy atom. The van der Waals surface area contributed by atoms with Crippen LogP contribution in [0.5, 0.6) is 0 Å². The Morgan fingerprint density at radius 2 is 1.31 bits per heavy atom. The van der Waals surface area contributed by atoms with Crippen molar-refractivity contribution in [1.29, 1.82) is 0 Å². The number of sulfonamides is 1. The van der Waals surface area contributed by atoms with Gasteiger partial charge in [0.05, 0.1) is 22.6 Å². The second kappa shape index (κ2) is 12.9. The molecule has 6 rings (SSSR count). The lowest BCUT2D eigenvalue weighted by atomic mass is 9.99. The van der Waals surface area contributed by atoms with Crippen LogP contribution in [0.4, 0.5) is 17.1 Å². The number of amides is 2. The minimum atomic E-state index is -3.83. The number of hydrogen-bond acceptors (Lipinski definition) is 5. The third kappa shape index (κ3) is 6.95. The zero-order valence-corrected chi connectivity index (χ0v) is 25.0. The zero-order chi connectivity index (χ0) is 31.2. The highest BCUT2D eigenvalue weighted by molar-refractivity contribution is 7.92. The van der Waals surface area contributed by atoms with Crippen LogP contribution in [0.2, 0.25) is 0 Å². The van der Waals surface area contributed by atoms with Gasteiger partial charge in [0, 0.05) is 29.2 Å². The minimum absolute atomic E-state index is 0.0791. The van der Waals surface area contributed by atoms with E-state index >= 15 is 0 Å². The van der Waals surface area contributed by atoms with E-state index in [1.165, 1.54) is 12.1 Å². The van der Waals surface area contributed by atoms with Gasteiger partial charge in [0.1, 0.15) is 0 Å². The van der Waals surface area contributed by atoms with Crippen molar-refractivity contribution >= 4 is 50.2 Å². The predicted molar refractivity (Wildman–Crippen MR) is 178 cm³/mol. The van der Waals surface area contributed by atoms with Crippen molar-refractivity contribution in [3.63, 3.8) is 0 Å². The van der Waals surface area contributed by atoms with E-state index in [0.717, 1.165) is 22.4 Å². The van der Waals surface area contributed by atoms with Gasteiger partial charge in [-0.05, 0) is 59.2 Å². The van der Waals surface area contributed by atoms with Gasteiger partial charge in [0.25, 0.3) is 15.9 Å². The zero-order valence-electron chi connectivity index (χ0n) is 24.2. The summed E-state index contributed by atoms with van der Waals surface area (Å²) >= 11 is 0. The fourth-order valence-corrected chi connectivity index (χ4v) is 6.14. The van der Waals surface area contributed by atoms with Gasteiger partial charge in [-0.25, -0.2) is 8.42 Å². The van der Waals surface area contributed by atoms with Gasteiger partial charge in [-0.3, -0.25) is 14.3 Å². The van der Waals surface area contributed by atoms with Crippen LogP contribution >= 0.6 is 0 Å². The number of hydrogen-bond donors (Lipinski definition) is 4. The molecule has 5 aromatic carbocycles. The molecule has 45 heavy (non-hydrogen) atoms. The number of nitrogens with one attached hydrogen (secondary N) is 4. The monoisotopic (exact) mass is 614 g/mol. The van der Waals surface area contributed by atoms with Crippen molar-refractivity contribution in [2.24, 2.45) is 0 Å². The fourth-order valence-electron chi connectivity index (χ4n) is 5.07. The number of benzene rings is 5. The molecule has 5 aromatic rings. The maximum Gasteiger partial charge on any atom is 0.261 e. The van der Waals surface area contributed by atoms with E-state index in [9.17, 15) is 18.0 Å². The standard InChI is InChI=1S/C36H30N4O4S/c41-33(37-24-26-10-4-1-5-11-26)22-25-16-18-28(19-17-25)38-35(27-12-6-2-7-13-27)34-31-23-29(20-21-32(31)39-36(34)42)40-45(43,44)30-14-8-3-9-15-30/h1-21,23,38,40H,22,24H2,(H,37,41)(H,39,42)/b35-34+. The molecule has 8 nitrogen and oxygen atoms in total. The van der Waals surface area contributed by atoms with E-state index in [1.807, 2.05) is 84.9 Å². The van der Waals surface area contributed by atoms with Crippen LogP contribution < -0.4 is 20.7 Å². The summed E-state index contributed by atoms with van der Waals surface area (Å²) in [6, 6.07) is 39.7. The Labute approximate surface area is 261 Å². The molecule has 1 aliphatic rings. The number of rotatable bonds is 10. The maximum absolute atomic E-state index is 13.4. The Bertz CT molecular complexity index is 1980. The molecule has 0 aliphatic carbocycles. The van der Waals surface area contributed by atoms with Crippen molar-refractivity contribution in [3.05, 3.63) is 156 Å². The van der Waals surface area contributed by atoms with Gasteiger partial charge in [0.2, 0.25) is 5.91 Å². The molecule has 0 atom stereocenters. The summed E-state index contributed by atoms with van der Waals surface area (Å²) in [5, 5.41) is 9.26. The average molecular weight is 615 g/mol. The second-order valence-electron chi connectivity index (χ2n) is 10.5. The first-order valence-corrected chi connectivity index (χ1v) is 15.8. The molecule has 0 radical (unpaired) electrons. The van der Waals surface area contributed by atoms with Gasteiger partial charge in [0.15, 0.2) is 0 Å². The van der Waals surface area contributed by atoms with Gasteiger partial charge in [-0.1, -0.05) is 91.0 Å². The molecular weight excluding hydrogens is 584 g/mol.